The maximum Gasteiger partial charge on any atom is 0.169 e. The first-order valence-electron chi connectivity index (χ1n) is 5.89. The lowest BCUT2D eigenvalue weighted by Gasteiger charge is -2.35. The summed E-state index contributed by atoms with van der Waals surface area (Å²) in [5.41, 5.74) is 8.46. The van der Waals surface area contributed by atoms with Gasteiger partial charge in [-0.05, 0) is 12.0 Å². The van der Waals surface area contributed by atoms with Crippen LogP contribution in [0.3, 0.4) is 0 Å². The van der Waals surface area contributed by atoms with Crippen molar-refractivity contribution in [1.82, 2.24) is 0 Å². The summed E-state index contributed by atoms with van der Waals surface area (Å²) < 4.78 is 16.4. The quantitative estimate of drug-likeness (QED) is 0.336. The highest BCUT2D eigenvalue weighted by Gasteiger charge is 2.50. The van der Waals surface area contributed by atoms with Gasteiger partial charge in [-0.2, -0.15) is 0 Å². The lowest BCUT2D eigenvalue weighted by Crippen LogP contribution is -2.54. The molecule has 2 bridgehead atoms. The molecule has 5 atom stereocenters. The van der Waals surface area contributed by atoms with Crippen LogP contribution in [0, 0.1) is 0 Å². The molecule has 2 fully saturated rings. The summed E-state index contributed by atoms with van der Waals surface area (Å²) in [4.78, 5) is 2.71. The molecule has 0 aliphatic carbocycles. The second kappa shape index (κ2) is 5.66. The maximum absolute atomic E-state index is 10.1. The van der Waals surface area contributed by atoms with Gasteiger partial charge in [-0.25, -0.2) is 0 Å². The molecule has 0 spiro atoms. The van der Waals surface area contributed by atoms with E-state index in [1.54, 1.807) is 0 Å². The van der Waals surface area contributed by atoms with Crippen molar-refractivity contribution in [2.75, 3.05) is 13.2 Å². The highest BCUT2D eigenvalue weighted by Crippen LogP contribution is 2.31. The molecule has 2 rings (SSSR count). The van der Waals surface area contributed by atoms with E-state index in [9.17, 15) is 5.11 Å². The molecular formula is C10H17N3O4. The first kappa shape index (κ1) is 12.6. The minimum atomic E-state index is -0.867. The molecule has 7 nitrogen and oxygen atoms in total. The minimum absolute atomic E-state index is 0.267. The second-order valence-electron chi connectivity index (χ2n) is 4.25. The van der Waals surface area contributed by atoms with E-state index in [0.717, 1.165) is 12.8 Å². The number of hydrogen-bond acceptors (Lipinski definition) is 5. The van der Waals surface area contributed by atoms with E-state index < -0.39 is 24.5 Å². The Balaban J connectivity index is 2.01. The van der Waals surface area contributed by atoms with Crippen molar-refractivity contribution in [2.45, 2.75) is 50.4 Å². The molecule has 0 aromatic carbocycles. The molecule has 2 saturated heterocycles. The molecule has 2 heterocycles. The molecule has 0 radical (unpaired) electrons. The second-order valence-corrected chi connectivity index (χ2v) is 4.25. The van der Waals surface area contributed by atoms with Crippen molar-refractivity contribution in [1.29, 1.82) is 0 Å². The summed E-state index contributed by atoms with van der Waals surface area (Å²) in [6.07, 6.45) is -0.307. The van der Waals surface area contributed by atoms with Crippen LogP contribution >= 0.6 is 0 Å². The fourth-order valence-electron chi connectivity index (χ4n) is 2.12. The van der Waals surface area contributed by atoms with Crippen LogP contribution in [0.25, 0.3) is 10.4 Å². The molecule has 17 heavy (non-hydrogen) atoms. The Labute approximate surface area is 99.3 Å². The van der Waals surface area contributed by atoms with Crippen molar-refractivity contribution < 1.29 is 19.3 Å². The van der Waals surface area contributed by atoms with Crippen LogP contribution in [0.4, 0.5) is 0 Å². The SMILES string of the molecule is CCCCO[C@H]1[C@H](O)[C@@H](N=[N+]=[N-])C2OC[C@H]1O2. The highest BCUT2D eigenvalue weighted by atomic mass is 16.7. The predicted molar refractivity (Wildman–Crippen MR) is 58.2 cm³/mol. The Hall–Kier alpha value is -0.850. The number of hydrogen-bond donors (Lipinski definition) is 1. The Morgan fingerprint density at radius 2 is 2.41 bits per heavy atom. The molecule has 1 unspecified atom stereocenters. The van der Waals surface area contributed by atoms with Crippen LogP contribution in [0.15, 0.2) is 5.11 Å². The van der Waals surface area contributed by atoms with Crippen molar-refractivity contribution >= 4 is 0 Å². The molecule has 0 saturated carbocycles. The van der Waals surface area contributed by atoms with Gasteiger partial charge in [0.15, 0.2) is 6.29 Å². The number of fused-ring (bicyclic) bond motifs is 2. The number of azide groups is 1. The number of aliphatic hydroxyl groups is 1. The van der Waals surface area contributed by atoms with Gasteiger partial charge in [0.1, 0.15) is 18.2 Å². The fourth-order valence-corrected chi connectivity index (χ4v) is 2.12. The van der Waals surface area contributed by atoms with E-state index in [-0.39, 0.29) is 6.10 Å². The lowest BCUT2D eigenvalue weighted by atomic mass is 9.99. The Morgan fingerprint density at radius 1 is 1.59 bits per heavy atom. The van der Waals surface area contributed by atoms with Crippen LogP contribution in [-0.4, -0.2) is 49.0 Å². The maximum atomic E-state index is 10.1. The summed E-state index contributed by atoms with van der Waals surface area (Å²) in [6, 6.07) is -0.731. The van der Waals surface area contributed by atoms with E-state index in [1.807, 2.05) is 0 Å². The summed E-state index contributed by atoms with van der Waals surface area (Å²) in [7, 11) is 0. The van der Waals surface area contributed by atoms with Crippen LogP contribution in [-0.2, 0) is 14.2 Å². The molecule has 96 valence electrons. The van der Waals surface area contributed by atoms with Gasteiger partial charge in [0.25, 0.3) is 0 Å². The Bertz CT molecular complexity index is 308. The average Bonchev–Trinajstić information content (AvgIpc) is 2.75. The lowest BCUT2D eigenvalue weighted by molar-refractivity contribution is -0.192. The van der Waals surface area contributed by atoms with E-state index >= 15 is 0 Å². The van der Waals surface area contributed by atoms with Gasteiger partial charge in [-0.1, -0.05) is 18.5 Å². The van der Waals surface area contributed by atoms with Gasteiger partial charge < -0.3 is 19.3 Å². The predicted octanol–water partition coefficient (Wildman–Crippen LogP) is 0.967. The number of nitrogens with zero attached hydrogens (tertiary/aromatic N) is 3. The van der Waals surface area contributed by atoms with Gasteiger partial charge in [0, 0.05) is 11.5 Å². The standard InChI is InChI=1S/C10H17N3O4/c1-2-3-4-15-9-6-5-16-10(17-6)7(8(9)14)12-13-11/h6-10,14H,2-5H2,1H3/t6-,7-,8-,9-,10?/m1/s1. The summed E-state index contributed by atoms with van der Waals surface area (Å²) in [5, 5.41) is 13.6. The zero-order valence-corrected chi connectivity index (χ0v) is 9.73. The average molecular weight is 243 g/mol. The van der Waals surface area contributed by atoms with Crippen molar-refractivity contribution in [2.24, 2.45) is 5.11 Å². The third-order valence-corrected chi connectivity index (χ3v) is 3.06. The first-order chi connectivity index (χ1) is 8.27. The molecule has 0 aromatic rings. The molecular weight excluding hydrogens is 226 g/mol. The number of ether oxygens (including phenoxy) is 3. The third kappa shape index (κ3) is 2.53. The summed E-state index contributed by atoms with van der Waals surface area (Å²) >= 11 is 0. The van der Waals surface area contributed by atoms with Gasteiger partial charge in [-0.15, -0.1) is 0 Å². The Morgan fingerprint density at radius 3 is 3.12 bits per heavy atom. The number of unbranched alkanes of at least 4 members (excludes halogenated alkanes) is 1. The zero-order valence-electron chi connectivity index (χ0n) is 9.73. The number of aliphatic hydroxyl groups excluding tert-OH is 1. The topological polar surface area (TPSA) is 96.7 Å². The molecule has 0 aromatic heterocycles. The van der Waals surface area contributed by atoms with Gasteiger partial charge in [0.05, 0.1) is 12.7 Å². The Kier molecular flexibility index (Phi) is 4.20. The van der Waals surface area contributed by atoms with Crippen LogP contribution in [0.5, 0.6) is 0 Å². The normalized spacial score (nSPS) is 40.0. The third-order valence-electron chi connectivity index (χ3n) is 3.06. The summed E-state index contributed by atoms with van der Waals surface area (Å²) in [6.45, 7) is 3.00. The molecule has 1 N–H and O–H groups in total. The number of rotatable bonds is 5. The van der Waals surface area contributed by atoms with E-state index in [2.05, 4.69) is 16.9 Å². The summed E-state index contributed by atoms with van der Waals surface area (Å²) in [5.74, 6) is 0. The van der Waals surface area contributed by atoms with E-state index in [0.29, 0.717) is 13.2 Å². The molecule has 2 aliphatic heterocycles. The monoisotopic (exact) mass is 243 g/mol. The van der Waals surface area contributed by atoms with Crippen LogP contribution in [0.1, 0.15) is 19.8 Å². The van der Waals surface area contributed by atoms with Crippen molar-refractivity contribution in [3.63, 3.8) is 0 Å². The minimum Gasteiger partial charge on any atom is -0.390 e. The van der Waals surface area contributed by atoms with Gasteiger partial charge in [0.2, 0.25) is 0 Å². The fraction of sp³-hybridized carbons (Fsp3) is 1.00. The van der Waals surface area contributed by atoms with E-state index in [1.165, 1.54) is 0 Å². The smallest absolute Gasteiger partial charge is 0.169 e. The largest absolute Gasteiger partial charge is 0.390 e. The van der Waals surface area contributed by atoms with Gasteiger partial charge >= 0.3 is 0 Å². The van der Waals surface area contributed by atoms with Crippen molar-refractivity contribution in [3.8, 4) is 0 Å². The molecule has 2 aliphatic rings. The molecule has 7 heteroatoms. The van der Waals surface area contributed by atoms with Gasteiger partial charge in [-0.3, -0.25) is 0 Å². The van der Waals surface area contributed by atoms with E-state index in [4.69, 9.17) is 19.7 Å². The molecule has 0 amide bonds. The highest BCUT2D eigenvalue weighted by molar-refractivity contribution is 4.97. The van der Waals surface area contributed by atoms with Crippen LogP contribution < -0.4 is 0 Å². The zero-order chi connectivity index (χ0) is 12.3. The van der Waals surface area contributed by atoms with Crippen molar-refractivity contribution in [3.05, 3.63) is 10.4 Å². The first-order valence-corrected chi connectivity index (χ1v) is 5.89. The van der Waals surface area contributed by atoms with Crippen LogP contribution in [0.2, 0.25) is 0 Å².